The molecule has 1 unspecified atom stereocenters. The van der Waals surface area contributed by atoms with Gasteiger partial charge in [-0.1, -0.05) is 36.4 Å². The first-order valence-corrected chi connectivity index (χ1v) is 12.5. The molecule has 3 atom stereocenters. The van der Waals surface area contributed by atoms with Gasteiger partial charge in [-0.25, -0.2) is 4.98 Å². The van der Waals surface area contributed by atoms with E-state index in [-0.39, 0.29) is 5.75 Å². The summed E-state index contributed by atoms with van der Waals surface area (Å²) in [6, 6.07) is 19.4. The van der Waals surface area contributed by atoms with E-state index in [4.69, 9.17) is 4.74 Å². The van der Waals surface area contributed by atoms with Crippen LogP contribution >= 0.6 is 0 Å². The summed E-state index contributed by atoms with van der Waals surface area (Å²) in [6.45, 7) is -2.94. The lowest BCUT2D eigenvalue weighted by atomic mass is 10.0. The van der Waals surface area contributed by atoms with Crippen LogP contribution in [0, 0.1) is 0 Å². The molecule has 4 aromatic rings. The molecule has 5 rings (SSSR count). The second kappa shape index (κ2) is 7.97. The number of benzene rings is 3. The fourth-order valence-corrected chi connectivity index (χ4v) is 5.15. The van der Waals surface area contributed by atoms with Crippen LogP contribution in [0.5, 0.6) is 5.75 Å². The zero-order chi connectivity index (χ0) is 23.3. The fraction of sp³-hybridized carbons (Fsp3) is 0.200. The molecule has 0 amide bonds. The molecule has 2 heterocycles. The number of aromatic nitrogens is 2. The normalized spacial score (nSPS) is 19.5. The minimum atomic E-state index is -2.94. The lowest BCUT2D eigenvalue weighted by molar-refractivity contribution is -0.0507. The summed E-state index contributed by atoms with van der Waals surface area (Å²) in [5.41, 5.74) is 3.90. The van der Waals surface area contributed by atoms with Crippen LogP contribution in [0.1, 0.15) is 30.0 Å². The topological polar surface area (TPSA) is 64.4 Å². The predicted molar refractivity (Wildman–Crippen MR) is 125 cm³/mol. The highest BCUT2D eigenvalue weighted by Crippen LogP contribution is 2.44. The van der Waals surface area contributed by atoms with E-state index in [1.165, 1.54) is 6.07 Å². The van der Waals surface area contributed by atoms with Crippen molar-refractivity contribution in [3.63, 3.8) is 0 Å². The van der Waals surface area contributed by atoms with Crippen molar-refractivity contribution in [2.75, 3.05) is 6.26 Å². The van der Waals surface area contributed by atoms with Crippen LogP contribution in [-0.4, -0.2) is 37.6 Å². The molecule has 170 valence electrons. The third-order valence-electron chi connectivity index (χ3n) is 5.95. The summed E-state index contributed by atoms with van der Waals surface area (Å²) in [7, 11) is -2.30. The zero-order valence-corrected chi connectivity index (χ0v) is 18.6. The number of para-hydroxylation sites is 1. The van der Waals surface area contributed by atoms with E-state index in [1.54, 1.807) is 36.6 Å². The number of fused-ring (bicyclic) bond motifs is 3. The quantitative estimate of drug-likeness (QED) is 0.417. The van der Waals surface area contributed by atoms with Gasteiger partial charge in [-0.2, -0.15) is 8.78 Å². The fourth-order valence-electron chi connectivity index (χ4n) is 4.44. The van der Waals surface area contributed by atoms with Crippen LogP contribution < -0.4 is 4.74 Å². The third kappa shape index (κ3) is 3.89. The average Bonchev–Trinajstić information content (AvgIpc) is 3.30. The van der Waals surface area contributed by atoms with E-state index < -0.39 is 28.3 Å². The number of hydrogen-bond donors (Lipinski definition) is 1. The van der Waals surface area contributed by atoms with E-state index >= 15 is 0 Å². The Morgan fingerprint density at radius 3 is 2.52 bits per heavy atom. The summed E-state index contributed by atoms with van der Waals surface area (Å²) in [6.07, 6.45) is 1.10. The summed E-state index contributed by atoms with van der Waals surface area (Å²) in [4.78, 5) is 5.28. The smallest absolute Gasteiger partial charge is 0.387 e. The third-order valence-corrected chi connectivity index (χ3v) is 7.22. The molecule has 0 fully saturated rings. The molecule has 0 spiro atoms. The molecule has 0 saturated heterocycles. The molecule has 0 aliphatic carbocycles. The molecular formula is C25H22F2N2O3S. The first-order valence-electron chi connectivity index (χ1n) is 10.4. The van der Waals surface area contributed by atoms with Crippen molar-refractivity contribution in [2.24, 2.45) is 0 Å². The van der Waals surface area contributed by atoms with Crippen LogP contribution in [0.2, 0.25) is 0 Å². The van der Waals surface area contributed by atoms with E-state index in [2.05, 4.69) is 10.9 Å². The number of alkyl halides is 2. The largest absolute Gasteiger partial charge is 0.434 e. The van der Waals surface area contributed by atoms with Crippen molar-refractivity contribution in [1.82, 2.24) is 9.55 Å². The van der Waals surface area contributed by atoms with Crippen LogP contribution in [0.15, 0.2) is 71.6 Å². The van der Waals surface area contributed by atoms with Gasteiger partial charge in [-0.05, 0) is 56.9 Å². The van der Waals surface area contributed by atoms with Crippen molar-refractivity contribution in [3.05, 3.63) is 78.1 Å². The van der Waals surface area contributed by atoms with Crippen LogP contribution in [0.4, 0.5) is 8.78 Å². The standard InChI is InChI=1S/C25H22F2N2O3S/c1-33(2,31)17-10-7-15(8-11-17)16-9-12-19-21(13-16)29-20(14-22(30)24(29)28-19)18-5-3-4-6-23(18)32-25(26)27/h3-13,20,22,25,30H,1,14H2,2H3/t20-,22-,33?/m1/s1. The molecule has 1 N–H and O–H groups in total. The van der Waals surface area contributed by atoms with Crippen molar-refractivity contribution in [3.8, 4) is 16.9 Å². The monoisotopic (exact) mass is 468 g/mol. The maximum absolute atomic E-state index is 13.0. The van der Waals surface area contributed by atoms with Gasteiger partial charge >= 0.3 is 6.61 Å². The van der Waals surface area contributed by atoms with Gasteiger partial charge in [-0.15, -0.1) is 0 Å². The number of hydrogen-bond acceptors (Lipinski definition) is 4. The highest BCUT2D eigenvalue weighted by Gasteiger charge is 2.35. The highest BCUT2D eigenvalue weighted by molar-refractivity contribution is 7.99. The molecule has 0 radical (unpaired) electrons. The Balaban J connectivity index is 1.62. The number of ether oxygens (including phenoxy) is 1. The van der Waals surface area contributed by atoms with Crippen molar-refractivity contribution >= 4 is 26.4 Å². The van der Waals surface area contributed by atoms with Gasteiger partial charge in [0, 0.05) is 23.1 Å². The second-order valence-electron chi connectivity index (χ2n) is 8.26. The van der Waals surface area contributed by atoms with Gasteiger partial charge in [0.25, 0.3) is 0 Å². The lowest BCUT2D eigenvalue weighted by Crippen LogP contribution is -2.10. The van der Waals surface area contributed by atoms with Gasteiger partial charge in [0.15, 0.2) is 0 Å². The summed E-state index contributed by atoms with van der Waals surface area (Å²) >= 11 is 0. The van der Waals surface area contributed by atoms with Gasteiger partial charge in [0.2, 0.25) is 0 Å². The second-order valence-corrected chi connectivity index (χ2v) is 10.7. The van der Waals surface area contributed by atoms with Crippen LogP contribution in [0.3, 0.4) is 0 Å². The highest BCUT2D eigenvalue weighted by atomic mass is 32.2. The molecule has 1 aliphatic rings. The first kappa shape index (κ1) is 21.6. The van der Waals surface area contributed by atoms with Gasteiger partial charge in [0.05, 0.1) is 17.1 Å². The predicted octanol–water partition coefficient (Wildman–Crippen LogP) is 5.04. The van der Waals surface area contributed by atoms with Crippen LogP contribution in [-0.2, 0) is 9.52 Å². The molecule has 1 aromatic heterocycles. The minimum Gasteiger partial charge on any atom is -0.434 e. The zero-order valence-electron chi connectivity index (χ0n) is 17.8. The number of aliphatic hydroxyl groups excluding tert-OH is 1. The number of aliphatic hydroxyl groups is 1. The molecule has 5 nitrogen and oxygen atoms in total. The summed E-state index contributed by atoms with van der Waals surface area (Å²) in [5, 5.41) is 10.7. The van der Waals surface area contributed by atoms with Gasteiger partial charge in [-0.3, -0.25) is 4.21 Å². The molecule has 1 aliphatic heterocycles. The van der Waals surface area contributed by atoms with Crippen molar-refractivity contribution < 1.29 is 22.8 Å². The van der Waals surface area contributed by atoms with Gasteiger partial charge in [0.1, 0.15) is 17.7 Å². The van der Waals surface area contributed by atoms with Crippen LogP contribution in [0.25, 0.3) is 22.2 Å². The molecule has 33 heavy (non-hydrogen) atoms. The Labute approximate surface area is 190 Å². The molecule has 0 bridgehead atoms. The Morgan fingerprint density at radius 1 is 1.12 bits per heavy atom. The van der Waals surface area contributed by atoms with E-state index in [0.717, 1.165) is 16.6 Å². The summed E-state index contributed by atoms with van der Waals surface area (Å²) < 4.78 is 44.8. The number of nitrogens with zero attached hydrogens (tertiary/aromatic N) is 2. The Morgan fingerprint density at radius 2 is 1.82 bits per heavy atom. The van der Waals surface area contributed by atoms with Crippen molar-refractivity contribution in [2.45, 2.75) is 30.1 Å². The molecule has 3 aromatic carbocycles. The number of rotatable bonds is 5. The van der Waals surface area contributed by atoms with Gasteiger partial charge < -0.3 is 14.4 Å². The molecule has 8 heteroatoms. The Hall–Kier alpha value is -3.23. The first-order chi connectivity index (χ1) is 15.7. The molecule has 0 saturated carbocycles. The number of imidazole rings is 1. The van der Waals surface area contributed by atoms with E-state index in [0.29, 0.717) is 28.2 Å². The number of halogens is 2. The maximum Gasteiger partial charge on any atom is 0.387 e. The summed E-state index contributed by atoms with van der Waals surface area (Å²) in [5.74, 6) is 4.30. The SMILES string of the molecule is C=S(C)(=O)c1ccc(-c2ccc3nc4n(c3c2)[C@@H](c2ccccc2OC(F)F)C[C@H]4O)cc1. The lowest BCUT2D eigenvalue weighted by Gasteiger charge is -2.19. The minimum absolute atomic E-state index is 0.0856. The average molecular weight is 469 g/mol. The van der Waals surface area contributed by atoms with E-state index in [9.17, 15) is 18.1 Å². The van der Waals surface area contributed by atoms with Crippen molar-refractivity contribution in [1.29, 1.82) is 0 Å². The molecular weight excluding hydrogens is 446 g/mol. The van der Waals surface area contributed by atoms with E-state index in [1.807, 2.05) is 34.9 Å². The Kier molecular flexibility index (Phi) is 5.22. The maximum atomic E-state index is 13.0. The Bertz CT molecular complexity index is 1450.